The van der Waals surface area contributed by atoms with Crippen LogP contribution in [0.4, 0.5) is 0 Å². The molecule has 1 saturated heterocycles. The quantitative estimate of drug-likeness (QED) is 0.338. The Morgan fingerprint density at radius 1 is 1.07 bits per heavy atom. The molecule has 2 N–H and O–H groups in total. The van der Waals surface area contributed by atoms with E-state index in [0.717, 1.165) is 30.5 Å². The lowest BCUT2D eigenvalue weighted by atomic mass is 10.2. The molecule has 0 amide bonds. The Kier molecular flexibility index (Phi) is 8.90. The summed E-state index contributed by atoms with van der Waals surface area (Å²) < 4.78 is 28.8. The Balaban J connectivity index is 0.00000300. The molecule has 8 nitrogen and oxygen atoms in total. The van der Waals surface area contributed by atoms with Crippen molar-refractivity contribution in [3.05, 3.63) is 47.8 Å². The fourth-order valence-electron chi connectivity index (χ4n) is 3.19. The average Bonchev–Trinajstić information content (AvgIpc) is 3.14. The van der Waals surface area contributed by atoms with E-state index in [2.05, 4.69) is 20.7 Å². The lowest BCUT2D eigenvalue weighted by Gasteiger charge is -2.25. The number of piperidine rings is 1. The van der Waals surface area contributed by atoms with Gasteiger partial charge in [0.25, 0.3) is 0 Å². The minimum Gasteiger partial charge on any atom is -0.352 e. The molecule has 29 heavy (non-hydrogen) atoms. The monoisotopic (exact) mass is 532 g/mol. The summed E-state index contributed by atoms with van der Waals surface area (Å²) in [7, 11) is 0.227. The fraction of sp³-hybridized carbons (Fsp3) is 0.474. The molecular weight excluding hydrogens is 503 g/mol. The number of aliphatic imine (C=N–C) groups is 1. The van der Waals surface area contributed by atoms with E-state index in [0.29, 0.717) is 37.0 Å². The second kappa shape index (κ2) is 10.9. The van der Waals surface area contributed by atoms with Crippen molar-refractivity contribution in [1.29, 1.82) is 0 Å². The van der Waals surface area contributed by atoms with E-state index in [1.165, 1.54) is 0 Å². The van der Waals surface area contributed by atoms with Gasteiger partial charge in [0.15, 0.2) is 5.96 Å². The molecule has 0 radical (unpaired) electrons. The first kappa shape index (κ1) is 23.6. The molecule has 1 aromatic carbocycles. The first-order valence-electron chi connectivity index (χ1n) is 9.51. The standard InChI is InChI=1S/C19H28N6O2S.HI/c1-20-19(22-15-17-10-11-23-24(17)2)21-14-16-6-8-18(9-7-16)28(26,27)25-12-4-3-5-13-25;/h6-11H,3-5,12-15H2,1-2H3,(H2,20,21,22);1H. The Hall–Kier alpha value is -1.66. The number of nitrogens with zero attached hydrogens (tertiary/aromatic N) is 4. The van der Waals surface area contributed by atoms with Crippen LogP contribution in [0, 0.1) is 0 Å². The number of aryl methyl sites for hydroxylation is 1. The van der Waals surface area contributed by atoms with Crippen LogP contribution in [0.1, 0.15) is 30.5 Å². The summed E-state index contributed by atoms with van der Waals surface area (Å²) in [4.78, 5) is 4.57. The number of hydrogen-bond donors (Lipinski definition) is 2. The minimum absolute atomic E-state index is 0. The van der Waals surface area contributed by atoms with Gasteiger partial charge in [-0.1, -0.05) is 18.6 Å². The van der Waals surface area contributed by atoms with E-state index in [-0.39, 0.29) is 24.0 Å². The molecule has 0 saturated carbocycles. The van der Waals surface area contributed by atoms with Crippen molar-refractivity contribution in [2.45, 2.75) is 37.2 Å². The van der Waals surface area contributed by atoms with Crippen LogP contribution in [0.3, 0.4) is 0 Å². The highest BCUT2D eigenvalue weighted by Gasteiger charge is 2.25. The fourth-order valence-corrected chi connectivity index (χ4v) is 4.71. The molecule has 1 aliphatic rings. The highest BCUT2D eigenvalue weighted by molar-refractivity contribution is 14.0. The summed E-state index contributed by atoms with van der Waals surface area (Å²) >= 11 is 0. The van der Waals surface area contributed by atoms with Gasteiger partial charge in [-0.2, -0.15) is 9.40 Å². The summed E-state index contributed by atoms with van der Waals surface area (Å²) in [5.74, 6) is 0.672. The number of aromatic nitrogens is 2. The average molecular weight is 532 g/mol. The first-order chi connectivity index (χ1) is 13.5. The predicted molar refractivity (Wildman–Crippen MR) is 125 cm³/mol. The van der Waals surface area contributed by atoms with Crippen molar-refractivity contribution in [3.63, 3.8) is 0 Å². The first-order valence-corrected chi connectivity index (χ1v) is 10.9. The van der Waals surface area contributed by atoms with Gasteiger partial charge in [-0.15, -0.1) is 24.0 Å². The maximum absolute atomic E-state index is 12.7. The second-order valence-electron chi connectivity index (χ2n) is 6.83. The van der Waals surface area contributed by atoms with Gasteiger partial charge in [0.1, 0.15) is 0 Å². The number of guanidine groups is 1. The van der Waals surface area contributed by atoms with Crippen molar-refractivity contribution in [1.82, 2.24) is 24.7 Å². The Bertz CT molecular complexity index is 905. The van der Waals surface area contributed by atoms with Crippen LogP contribution in [0.5, 0.6) is 0 Å². The number of rotatable bonds is 6. The van der Waals surface area contributed by atoms with Crippen LogP contribution in [0.25, 0.3) is 0 Å². The van der Waals surface area contributed by atoms with Gasteiger partial charge in [0.05, 0.1) is 17.1 Å². The molecule has 0 spiro atoms. The largest absolute Gasteiger partial charge is 0.352 e. The summed E-state index contributed by atoms with van der Waals surface area (Å²) in [5, 5.41) is 10.6. The van der Waals surface area contributed by atoms with Crippen molar-refractivity contribution in [3.8, 4) is 0 Å². The molecule has 1 fully saturated rings. The van der Waals surface area contributed by atoms with Gasteiger partial charge in [0.2, 0.25) is 10.0 Å². The van der Waals surface area contributed by atoms with Crippen molar-refractivity contribution < 1.29 is 8.42 Å². The third-order valence-corrected chi connectivity index (χ3v) is 6.83. The number of hydrogen-bond acceptors (Lipinski definition) is 4. The molecule has 10 heteroatoms. The summed E-state index contributed by atoms with van der Waals surface area (Å²) in [6.07, 6.45) is 4.73. The topological polar surface area (TPSA) is 91.6 Å². The zero-order valence-electron chi connectivity index (χ0n) is 16.8. The highest BCUT2D eigenvalue weighted by Crippen LogP contribution is 2.20. The molecule has 1 aliphatic heterocycles. The third kappa shape index (κ3) is 6.16. The number of sulfonamides is 1. The van der Waals surface area contributed by atoms with Crippen molar-refractivity contribution >= 4 is 40.0 Å². The Morgan fingerprint density at radius 2 is 1.72 bits per heavy atom. The molecule has 0 unspecified atom stereocenters. The lowest BCUT2D eigenvalue weighted by Crippen LogP contribution is -2.37. The Morgan fingerprint density at radius 3 is 2.31 bits per heavy atom. The minimum atomic E-state index is -3.38. The molecule has 2 aromatic rings. The molecule has 0 aliphatic carbocycles. The summed E-state index contributed by atoms with van der Waals surface area (Å²) in [6.45, 7) is 2.40. The summed E-state index contributed by atoms with van der Waals surface area (Å²) in [6, 6.07) is 9.01. The molecule has 160 valence electrons. The zero-order valence-corrected chi connectivity index (χ0v) is 20.0. The summed E-state index contributed by atoms with van der Waals surface area (Å²) in [5.41, 5.74) is 2.04. The molecule has 3 rings (SSSR count). The third-order valence-electron chi connectivity index (χ3n) is 4.92. The molecular formula is C19H29IN6O2S. The SMILES string of the molecule is CN=C(NCc1ccc(S(=O)(=O)N2CCCCC2)cc1)NCc1ccnn1C.I. The van der Waals surface area contributed by atoms with Crippen LogP contribution in [-0.2, 0) is 30.2 Å². The molecule has 0 atom stereocenters. The van der Waals surface area contributed by atoms with Crippen LogP contribution < -0.4 is 10.6 Å². The Labute approximate surface area is 189 Å². The van der Waals surface area contributed by atoms with Crippen LogP contribution >= 0.6 is 24.0 Å². The smallest absolute Gasteiger partial charge is 0.243 e. The zero-order chi connectivity index (χ0) is 20.0. The van der Waals surface area contributed by atoms with Gasteiger partial charge in [0, 0.05) is 39.9 Å². The van der Waals surface area contributed by atoms with Gasteiger partial charge < -0.3 is 10.6 Å². The van der Waals surface area contributed by atoms with Crippen LogP contribution in [-0.4, -0.2) is 48.6 Å². The van der Waals surface area contributed by atoms with E-state index >= 15 is 0 Å². The lowest BCUT2D eigenvalue weighted by molar-refractivity contribution is 0.346. The van der Waals surface area contributed by atoms with E-state index in [4.69, 9.17) is 0 Å². The van der Waals surface area contributed by atoms with Crippen molar-refractivity contribution in [2.75, 3.05) is 20.1 Å². The highest BCUT2D eigenvalue weighted by atomic mass is 127. The van der Waals surface area contributed by atoms with Crippen LogP contribution in [0.15, 0.2) is 46.4 Å². The van der Waals surface area contributed by atoms with Gasteiger partial charge >= 0.3 is 0 Å². The van der Waals surface area contributed by atoms with E-state index in [1.54, 1.807) is 29.7 Å². The maximum Gasteiger partial charge on any atom is 0.243 e. The van der Waals surface area contributed by atoms with Crippen LogP contribution in [0.2, 0.25) is 0 Å². The van der Waals surface area contributed by atoms with Gasteiger partial charge in [-0.25, -0.2) is 8.42 Å². The second-order valence-corrected chi connectivity index (χ2v) is 8.77. The maximum atomic E-state index is 12.7. The van der Waals surface area contributed by atoms with E-state index in [9.17, 15) is 8.42 Å². The molecule has 2 heterocycles. The van der Waals surface area contributed by atoms with E-state index in [1.807, 2.05) is 29.9 Å². The number of halogens is 1. The van der Waals surface area contributed by atoms with Crippen molar-refractivity contribution in [2.24, 2.45) is 12.0 Å². The van der Waals surface area contributed by atoms with E-state index < -0.39 is 10.0 Å². The van der Waals surface area contributed by atoms with Gasteiger partial charge in [-0.3, -0.25) is 9.67 Å². The normalized spacial score (nSPS) is 15.6. The molecule has 0 bridgehead atoms. The number of nitrogens with one attached hydrogen (secondary N) is 2. The predicted octanol–water partition coefficient (Wildman–Crippen LogP) is 2.08. The van der Waals surface area contributed by atoms with Gasteiger partial charge in [-0.05, 0) is 36.6 Å². The number of benzene rings is 1. The molecule has 1 aromatic heterocycles.